The van der Waals surface area contributed by atoms with Crippen molar-refractivity contribution >= 4 is 27.2 Å². The van der Waals surface area contributed by atoms with Gasteiger partial charge in [0.05, 0.1) is 34.0 Å². The Bertz CT molecular complexity index is 1060. The number of hydrogen-bond donors (Lipinski definition) is 1. The maximum absolute atomic E-state index is 11.5. The molecular formula is C20H16N2O2S. The van der Waals surface area contributed by atoms with E-state index in [1.165, 1.54) is 17.4 Å². The van der Waals surface area contributed by atoms with Crippen molar-refractivity contribution in [1.82, 2.24) is 4.98 Å². The molecule has 4 rings (SSSR count). The molecule has 0 spiro atoms. The average molecular weight is 348 g/mol. The van der Waals surface area contributed by atoms with Crippen LogP contribution in [0.2, 0.25) is 0 Å². The third-order valence-electron chi connectivity index (χ3n) is 3.98. The van der Waals surface area contributed by atoms with Gasteiger partial charge < -0.3 is 10.5 Å². The van der Waals surface area contributed by atoms with E-state index in [1.54, 1.807) is 12.1 Å². The number of nitrogen functional groups attached to an aromatic ring is 1. The van der Waals surface area contributed by atoms with Crippen LogP contribution in [0.15, 0.2) is 65.5 Å². The summed E-state index contributed by atoms with van der Waals surface area (Å²) in [6.45, 7) is 0.971. The second-order valence-electron chi connectivity index (χ2n) is 5.84. The molecule has 1 aliphatic heterocycles. The van der Waals surface area contributed by atoms with Crippen molar-refractivity contribution in [2.24, 2.45) is 0 Å². The topological polar surface area (TPSA) is 65.2 Å². The van der Waals surface area contributed by atoms with Gasteiger partial charge in [0.2, 0.25) is 0 Å². The first-order valence-electron chi connectivity index (χ1n) is 7.94. The number of fused-ring (bicyclic) bond motifs is 2. The zero-order valence-electron chi connectivity index (χ0n) is 13.4. The van der Waals surface area contributed by atoms with Gasteiger partial charge >= 0.3 is 0 Å². The van der Waals surface area contributed by atoms with Crippen LogP contribution in [0.1, 0.15) is 11.1 Å². The van der Waals surface area contributed by atoms with Crippen LogP contribution in [0, 0.1) is 0 Å². The molecule has 0 saturated carbocycles. The quantitative estimate of drug-likeness (QED) is 0.446. The van der Waals surface area contributed by atoms with Crippen molar-refractivity contribution in [3.05, 3.63) is 82.0 Å². The minimum atomic E-state index is -0.0104. The number of nitrogens with zero attached hydrogens (tertiary/aromatic N) is 1. The molecule has 2 aromatic carbocycles. The fourth-order valence-electron chi connectivity index (χ4n) is 2.69. The van der Waals surface area contributed by atoms with Crippen LogP contribution in [0.5, 0.6) is 0 Å². The van der Waals surface area contributed by atoms with Gasteiger partial charge in [-0.2, -0.15) is 0 Å². The van der Waals surface area contributed by atoms with Crippen molar-refractivity contribution in [2.75, 3.05) is 5.73 Å². The van der Waals surface area contributed by atoms with Crippen molar-refractivity contribution in [3.63, 3.8) is 0 Å². The Morgan fingerprint density at radius 3 is 2.68 bits per heavy atom. The SMILES string of the molecule is Nc1cc2sc3cc(=O)ccc-3nc2cc1COCc1ccccc1. The fourth-order valence-corrected chi connectivity index (χ4v) is 3.72. The van der Waals surface area contributed by atoms with E-state index in [-0.39, 0.29) is 5.43 Å². The number of hydrogen-bond acceptors (Lipinski definition) is 5. The molecule has 2 aromatic rings. The van der Waals surface area contributed by atoms with Crippen LogP contribution in [0.3, 0.4) is 0 Å². The van der Waals surface area contributed by atoms with Crippen molar-refractivity contribution < 1.29 is 4.74 Å². The van der Waals surface area contributed by atoms with E-state index in [1.807, 2.05) is 42.5 Å². The normalized spacial score (nSPS) is 11.2. The number of anilines is 1. The summed E-state index contributed by atoms with van der Waals surface area (Å²) in [6.07, 6.45) is 0. The number of ether oxygens (including phenoxy) is 1. The van der Waals surface area contributed by atoms with E-state index in [0.29, 0.717) is 18.9 Å². The Balaban J connectivity index is 1.62. The Kier molecular flexibility index (Phi) is 4.17. The molecule has 25 heavy (non-hydrogen) atoms. The van der Waals surface area contributed by atoms with Crippen LogP contribution < -0.4 is 11.2 Å². The molecular weight excluding hydrogens is 332 g/mol. The minimum absolute atomic E-state index is 0.0104. The summed E-state index contributed by atoms with van der Waals surface area (Å²) in [5, 5.41) is 0. The highest BCUT2D eigenvalue weighted by molar-refractivity contribution is 7.21. The number of benzene rings is 3. The van der Waals surface area contributed by atoms with Crippen LogP contribution in [0.4, 0.5) is 5.69 Å². The second-order valence-corrected chi connectivity index (χ2v) is 6.92. The Hall–Kier alpha value is -2.76. The van der Waals surface area contributed by atoms with Crippen LogP contribution in [-0.4, -0.2) is 4.98 Å². The predicted octanol–water partition coefficient (Wildman–Crippen LogP) is 4.06. The highest BCUT2D eigenvalue weighted by Gasteiger charge is 2.10. The average Bonchev–Trinajstić information content (AvgIpc) is 2.61. The van der Waals surface area contributed by atoms with Gasteiger partial charge in [-0.15, -0.1) is 11.3 Å². The molecule has 0 aromatic heterocycles. The van der Waals surface area contributed by atoms with Crippen molar-refractivity contribution in [2.45, 2.75) is 13.2 Å². The van der Waals surface area contributed by atoms with E-state index in [2.05, 4.69) is 4.98 Å². The zero-order valence-corrected chi connectivity index (χ0v) is 14.3. The molecule has 2 N–H and O–H groups in total. The van der Waals surface area contributed by atoms with Crippen LogP contribution in [-0.2, 0) is 18.0 Å². The molecule has 1 heterocycles. The first-order valence-corrected chi connectivity index (χ1v) is 8.75. The van der Waals surface area contributed by atoms with E-state index in [0.717, 1.165) is 31.9 Å². The summed E-state index contributed by atoms with van der Waals surface area (Å²) >= 11 is 1.53. The number of nitrogens with two attached hydrogens (primary N) is 1. The number of aromatic nitrogens is 1. The molecule has 2 aliphatic rings. The largest absolute Gasteiger partial charge is 0.398 e. The fraction of sp³-hybridized carbons (Fsp3) is 0.100. The molecule has 124 valence electrons. The maximum atomic E-state index is 11.5. The van der Waals surface area contributed by atoms with E-state index < -0.39 is 0 Å². The standard InChI is InChI=1S/C20H16N2O2S/c21-16-10-20-18(22-17-7-6-15(23)9-19(17)25-20)8-14(16)12-24-11-13-4-2-1-3-5-13/h1-10H,11-12,21H2. The lowest BCUT2D eigenvalue weighted by atomic mass is 10.1. The van der Waals surface area contributed by atoms with Gasteiger partial charge in [0.25, 0.3) is 0 Å². The Labute approximate surface area is 148 Å². The van der Waals surface area contributed by atoms with Gasteiger partial charge in [-0.05, 0) is 29.8 Å². The van der Waals surface area contributed by atoms with Gasteiger partial charge in [0.15, 0.2) is 5.43 Å². The van der Waals surface area contributed by atoms with Crippen LogP contribution >= 0.6 is 11.3 Å². The molecule has 0 radical (unpaired) electrons. The minimum Gasteiger partial charge on any atom is -0.398 e. The first-order chi connectivity index (χ1) is 12.2. The lowest BCUT2D eigenvalue weighted by Gasteiger charge is -2.11. The molecule has 0 unspecified atom stereocenters. The highest BCUT2D eigenvalue weighted by Crippen LogP contribution is 2.32. The van der Waals surface area contributed by atoms with Crippen molar-refractivity contribution in [3.8, 4) is 10.6 Å². The zero-order chi connectivity index (χ0) is 17.2. The van der Waals surface area contributed by atoms with Gasteiger partial charge in [-0.3, -0.25) is 4.79 Å². The second kappa shape index (κ2) is 6.63. The van der Waals surface area contributed by atoms with Gasteiger partial charge in [-0.1, -0.05) is 30.3 Å². The smallest absolute Gasteiger partial charge is 0.180 e. The number of rotatable bonds is 4. The van der Waals surface area contributed by atoms with E-state index in [9.17, 15) is 4.79 Å². The maximum Gasteiger partial charge on any atom is 0.180 e. The monoisotopic (exact) mass is 348 g/mol. The summed E-state index contributed by atoms with van der Waals surface area (Å²) in [5.41, 5.74) is 10.6. The first kappa shape index (κ1) is 15.7. The summed E-state index contributed by atoms with van der Waals surface area (Å²) < 4.78 is 6.75. The molecule has 0 amide bonds. The van der Waals surface area contributed by atoms with Gasteiger partial charge in [0, 0.05) is 17.3 Å². The molecule has 0 atom stereocenters. The molecule has 5 heteroatoms. The van der Waals surface area contributed by atoms with Crippen molar-refractivity contribution in [1.29, 1.82) is 0 Å². The third-order valence-corrected chi connectivity index (χ3v) is 5.08. The summed E-state index contributed by atoms with van der Waals surface area (Å²) in [4.78, 5) is 17.0. The molecule has 4 nitrogen and oxygen atoms in total. The van der Waals surface area contributed by atoms with Crippen LogP contribution in [0.25, 0.3) is 20.8 Å². The summed E-state index contributed by atoms with van der Waals surface area (Å²) in [5.74, 6) is 0. The highest BCUT2D eigenvalue weighted by atomic mass is 32.1. The van der Waals surface area contributed by atoms with E-state index >= 15 is 0 Å². The lowest BCUT2D eigenvalue weighted by Crippen LogP contribution is -2.01. The van der Waals surface area contributed by atoms with Gasteiger partial charge in [-0.25, -0.2) is 4.98 Å². The molecule has 0 bridgehead atoms. The lowest BCUT2D eigenvalue weighted by molar-refractivity contribution is 0.107. The predicted molar refractivity (Wildman–Crippen MR) is 102 cm³/mol. The van der Waals surface area contributed by atoms with Gasteiger partial charge in [0.1, 0.15) is 0 Å². The summed E-state index contributed by atoms with van der Waals surface area (Å²) in [7, 11) is 0. The van der Waals surface area contributed by atoms with E-state index in [4.69, 9.17) is 10.5 Å². The molecule has 1 aliphatic carbocycles. The molecule has 0 fully saturated rings. The summed E-state index contributed by atoms with van der Waals surface area (Å²) in [6, 6.07) is 18.8. The Morgan fingerprint density at radius 2 is 1.84 bits per heavy atom. The third kappa shape index (κ3) is 3.38. The molecule has 0 saturated heterocycles. The Morgan fingerprint density at radius 1 is 1.00 bits per heavy atom.